The number of allylic oxidation sites excluding steroid dienone is 1. The van der Waals surface area contributed by atoms with Gasteiger partial charge >= 0.3 is 0 Å². The summed E-state index contributed by atoms with van der Waals surface area (Å²) in [4.78, 5) is 14.5. The molecule has 1 aliphatic heterocycles. The summed E-state index contributed by atoms with van der Waals surface area (Å²) < 4.78 is 16.7. The van der Waals surface area contributed by atoms with Gasteiger partial charge < -0.3 is 19.5 Å². The van der Waals surface area contributed by atoms with Gasteiger partial charge in [0, 0.05) is 26.2 Å². The fraction of sp³-hybridized carbons (Fsp3) is 0.571. The van der Waals surface area contributed by atoms with Crippen LogP contribution in [0.4, 0.5) is 0 Å². The van der Waals surface area contributed by atoms with Crippen molar-refractivity contribution in [3.05, 3.63) is 29.8 Å². The van der Waals surface area contributed by atoms with E-state index >= 15 is 0 Å². The molecule has 1 heterocycles. The van der Waals surface area contributed by atoms with Crippen LogP contribution in [0.3, 0.4) is 0 Å². The minimum Gasteiger partial charge on any atom is -0.493 e. The second-order valence-electron chi connectivity index (χ2n) is 7.15. The van der Waals surface area contributed by atoms with Crippen LogP contribution in [0.5, 0.6) is 11.5 Å². The van der Waals surface area contributed by atoms with E-state index in [0.29, 0.717) is 30.6 Å². The third kappa shape index (κ3) is 7.23. The first-order valence-electron chi connectivity index (χ1n) is 9.56. The van der Waals surface area contributed by atoms with E-state index in [-0.39, 0.29) is 18.6 Å². The molecule has 1 aromatic carbocycles. The molecule has 2 rings (SSSR count). The van der Waals surface area contributed by atoms with Crippen molar-refractivity contribution in [2.45, 2.75) is 26.9 Å². The highest BCUT2D eigenvalue weighted by molar-refractivity contribution is 5.77. The number of morpholine rings is 1. The van der Waals surface area contributed by atoms with Crippen molar-refractivity contribution in [1.82, 2.24) is 10.2 Å². The van der Waals surface area contributed by atoms with Crippen molar-refractivity contribution < 1.29 is 19.0 Å². The molecular weight excluding hydrogens is 344 g/mol. The third-order valence-corrected chi connectivity index (χ3v) is 4.28. The van der Waals surface area contributed by atoms with E-state index in [1.807, 2.05) is 37.3 Å². The Labute approximate surface area is 162 Å². The fourth-order valence-electron chi connectivity index (χ4n) is 3.11. The molecule has 1 aliphatic rings. The molecule has 0 spiro atoms. The molecule has 1 N–H and O–H groups in total. The van der Waals surface area contributed by atoms with Gasteiger partial charge in [-0.05, 0) is 30.5 Å². The van der Waals surface area contributed by atoms with Crippen molar-refractivity contribution in [3.8, 4) is 11.5 Å². The average molecular weight is 376 g/mol. The summed E-state index contributed by atoms with van der Waals surface area (Å²) in [6.07, 6.45) is 3.96. The topological polar surface area (TPSA) is 60.0 Å². The van der Waals surface area contributed by atoms with Gasteiger partial charge in [0.25, 0.3) is 5.91 Å². The summed E-state index contributed by atoms with van der Waals surface area (Å²) in [7, 11) is 1.59. The number of rotatable bonds is 9. The van der Waals surface area contributed by atoms with E-state index in [0.717, 1.165) is 25.2 Å². The van der Waals surface area contributed by atoms with Crippen LogP contribution in [0, 0.1) is 5.92 Å². The Balaban J connectivity index is 1.77. The van der Waals surface area contributed by atoms with Gasteiger partial charge in [-0.25, -0.2) is 0 Å². The maximum absolute atomic E-state index is 12.1. The van der Waals surface area contributed by atoms with Gasteiger partial charge in [0.2, 0.25) is 0 Å². The minimum absolute atomic E-state index is 0.0242. The van der Waals surface area contributed by atoms with Crippen molar-refractivity contribution >= 4 is 12.0 Å². The van der Waals surface area contributed by atoms with Crippen LogP contribution in [-0.4, -0.2) is 63.4 Å². The van der Waals surface area contributed by atoms with E-state index < -0.39 is 0 Å². The Morgan fingerprint density at radius 2 is 2.22 bits per heavy atom. The van der Waals surface area contributed by atoms with Crippen LogP contribution in [-0.2, 0) is 9.53 Å². The second kappa shape index (κ2) is 10.9. The monoisotopic (exact) mass is 376 g/mol. The molecule has 6 heteroatoms. The fourth-order valence-corrected chi connectivity index (χ4v) is 3.11. The SMILES string of the molecule is C/C=C/c1ccc(OCC(=O)NCC2CN(CC(C)C)CCO2)c(OC)c1. The lowest BCUT2D eigenvalue weighted by atomic mass is 10.2. The molecule has 1 saturated heterocycles. The number of amides is 1. The Bertz CT molecular complexity index is 631. The molecule has 1 unspecified atom stereocenters. The maximum atomic E-state index is 12.1. The molecule has 1 amide bonds. The largest absolute Gasteiger partial charge is 0.493 e. The molecule has 1 aromatic rings. The quantitative estimate of drug-likeness (QED) is 0.718. The van der Waals surface area contributed by atoms with Gasteiger partial charge in [-0.1, -0.05) is 32.1 Å². The van der Waals surface area contributed by atoms with Gasteiger partial charge in [0.15, 0.2) is 18.1 Å². The molecule has 1 fully saturated rings. The van der Waals surface area contributed by atoms with Gasteiger partial charge in [-0.15, -0.1) is 0 Å². The van der Waals surface area contributed by atoms with E-state index in [1.54, 1.807) is 7.11 Å². The number of benzene rings is 1. The zero-order chi connectivity index (χ0) is 19.6. The number of methoxy groups -OCH3 is 1. The summed E-state index contributed by atoms with van der Waals surface area (Å²) in [6.45, 7) is 10.4. The average Bonchev–Trinajstić information content (AvgIpc) is 2.65. The molecular formula is C21H32N2O4. The summed E-state index contributed by atoms with van der Waals surface area (Å²) in [5, 5.41) is 2.90. The lowest BCUT2D eigenvalue weighted by molar-refractivity contribution is -0.124. The summed E-state index contributed by atoms with van der Waals surface area (Å²) >= 11 is 0. The Kier molecular flexibility index (Phi) is 8.61. The Hall–Kier alpha value is -2.05. The molecule has 150 valence electrons. The van der Waals surface area contributed by atoms with E-state index in [4.69, 9.17) is 14.2 Å². The molecule has 1 atom stereocenters. The molecule has 27 heavy (non-hydrogen) atoms. The normalized spacial score (nSPS) is 18.0. The van der Waals surface area contributed by atoms with Crippen molar-refractivity contribution in [2.24, 2.45) is 5.92 Å². The Morgan fingerprint density at radius 3 is 2.93 bits per heavy atom. The van der Waals surface area contributed by atoms with Gasteiger partial charge in [0.1, 0.15) is 0 Å². The number of carbonyl (C=O) groups is 1. The van der Waals surface area contributed by atoms with Crippen molar-refractivity contribution in [1.29, 1.82) is 0 Å². The predicted molar refractivity (Wildman–Crippen MR) is 107 cm³/mol. The molecule has 0 aliphatic carbocycles. The lowest BCUT2D eigenvalue weighted by Crippen LogP contribution is -2.48. The first-order chi connectivity index (χ1) is 13.0. The molecule has 0 saturated carbocycles. The first-order valence-corrected chi connectivity index (χ1v) is 9.56. The summed E-state index contributed by atoms with van der Waals surface area (Å²) in [6, 6.07) is 5.62. The highest BCUT2D eigenvalue weighted by Crippen LogP contribution is 2.28. The van der Waals surface area contributed by atoms with Crippen LogP contribution in [0.2, 0.25) is 0 Å². The van der Waals surface area contributed by atoms with Crippen LogP contribution in [0.25, 0.3) is 6.08 Å². The number of ether oxygens (including phenoxy) is 3. The number of nitrogens with zero attached hydrogens (tertiary/aromatic N) is 1. The van der Waals surface area contributed by atoms with Crippen LogP contribution < -0.4 is 14.8 Å². The van der Waals surface area contributed by atoms with Gasteiger partial charge in [-0.3, -0.25) is 9.69 Å². The number of hydrogen-bond acceptors (Lipinski definition) is 5. The second-order valence-corrected chi connectivity index (χ2v) is 7.15. The number of nitrogens with one attached hydrogen (secondary N) is 1. The Morgan fingerprint density at radius 1 is 1.41 bits per heavy atom. The molecule has 0 radical (unpaired) electrons. The van der Waals surface area contributed by atoms with E-state index in [1.165, 1.54) is 0 Å². The van der Waals surface area contributed by atoms with Gasteiger partial charge in [-0.2, -0.15) is 0 Å². The minimum atomic E-state index is -0.167. The van der Waals surface area contributed by atoms with Crippen LogP contribution >= 0.6 is 0 Å². The first kappa shape index (κ1) is 21.3. The highest BCUT2D eigenvalue weighted by Gasteiger charge is 2.21. The smallest absolute Gasteiger partial charge is 0.258 e. The molecule has 0 bridgehead atoms. The maximum Gasteiger partial charge on any atom is 0.258 e. The van der Waals surface area contributed by atoms with E-state index in [2.05, 4.69) is 24.1 Å². The lowest BCUT2D eigenvalue weighted by Gasteiger charge is -2.33. The molecule has 0 aromatic heterocycles. The molecule has 6 nitrogen and oxygen atoms in total. The zero-order valence-electron chi connectivity index (χ0n) is 16.9. The third-order valence-electron chi connectivity index (χ3n) is 4.28. The van der Waals surface area contributed by atoms with Gasteiger partial charge in [0.05, 0.1) is 19.8 Å². The summed E-state index contributed by atoms with van der Waals surface area (Å²) in [5.74, 6) is 1.62. The number of carbonyl (C=O) groups excluding carboxylic acids is 1. The van der Waals surface area contributed by atoms with Crippen molar-refractivity contribution in [3.63, 3.8) is 0 Å². The number of hydrogen-bond donors (Lipinski definition) is 1. The van der Waals surface area contributed by atoms with Crippen LogP contribution in [0.15, 0.2) is 24.3 Å². The van der Waals surface area contributed by atoms with Crippen molar-refractivity contribution in [2.75, 3.05) is 46.5 Å². The standard InChI is InChI=1S/C21H32N2O4/c1-5-6-17-7-8-19(20(11-17)25-4)27-15-21(24)22-12-18-14-23(9-10-26-18)13-16(2)3/h5-8,11,16,18H,9-10,12-15H2,1-4H3,(H,22,24)/b6-5+. The van der Waals surface area contributed by atoms with Crippen LogP contribution in [0.1, 0.15) is 26.3 Å². The zero-order valence-corrected chi connectivity index (χ0v) is 16.9. The highest BCUT2D eigenvalue weighted by atomic mass is 16.5. The van der Waals surface area contributed by atoms with E-state index in [9.17, 15) is 4.79 Å². The summed E-state index contributed by atoms with van der Waals surface area (Å²) in [5.41, 5.74) is 1.02. The predicted octanol–water partition coefficient (Wildman–Crippen LogP) is 2.58.